The third kappa shape index (κ3) is 4.65. The molecule has 3 rings (SSSR count). The van der Waals surface area contributed by atoms with E-state index in [9.17, 15) is 4.79 Å². The molecule has 1 aliphatic rings. The van der Waals surface area contributed by atoms with Gasteiger partial charge in [0.2, 0.25) is 0 Å². The Morgan fingerprint density at radius 2 is 2.04 bits per heavy atom. The summed E-state index contributed by atoms with van der Waals surface area (Å²) < 4.78 is 13.3. The summed E-state index contributed by atoms with van der Waals surface area (Å²) in [4.78, 5) is 16.2. The minimum Gasteiger partial charge on any atom is -0.490 e. The number of fused-ring (bicyclic) bond motifs is 1. The van der Waals surface area contributed by atoms with Crippen molar-refractivity contribution in [1.82, 2.24) is 20.2 Å². The van der Waals surface area contributed by atoms with Crippen molar-refractivity contribution in [2.75, 3.05) is 13.2 Å². The highest BCUT2D eigenvalue weighted by Crippen LogP contribution is 2.32. The zero-order chi connectivity index (χ0) is 17.6. The molecule has 0 saturated heterocycles. The van der Waals surface area contributed by atoms with Crippen LogP contribution in [-0.4, -0.2) is 34.8 Å². The molecular weight excluding hydrogens is 320 g/mol. The predicted molar refractivity (Wildman–Crippen MR) is 93.8 cm³/mol. The van der Waals surface area contributed by atoms with Crippen LogP contribution in [0.1, 0.15) is 31.9 Å². The largest absolute Gasteiger partial charge is 0.490 e. The molecule has 0 spiro atoms. The second-order valence-electron chi connectivity index (χ2n) is 6.26. The van der Waals surface area contributed by atoms with E-state index < -0.39 is 0 Å². The highest BCUT2D eigenvalue weighted by atomic mass is 16.5. The van der Waals surface area contributed by atoms with Crippen molar-refractivity contribution in [3.05, 3.63) is 42.5 Å². The third-order valence-corrected chi connectivity index (χ3v) is 4.04. The molecule has 7 heteroatoms. The number of imidazole rings is 1. The lowest BCUT2D eigenvalue weighted by molar-refractivity contribution is 0.233. The van der Waals surface area contributed by atoms with Crippen molar-refractivity contribution in [3.8, 4) is 11.5 Å². The Morgan fingerprint density at radius 3 is 2.80 bits per heavy atom. The summed E-state index contributed by atoms with van der Waals surface area (Å²) in [5.41, 5.74) is 0.974. The van der Waals surface area contributed by atoms with E-state index in [1.807, 2.05) is 42.8 Å². The molecule has 2 aromatic rings. The smallest absolute Gasteiger partial charge is 0.315 e. The van der Waals surface area contributed by atoms with Gasteiger partial charge in [-0.15, -0.1) is 0 Å². The van der Waals surface area contributed by atoms with Gasteiger partial charge in [-0.05, 0) is 31.5 Å². The number of benzene rings is 1. The normalized spacial score (nSPS) is 15.8. The molecule has 1 aromatic carbocycles. The van der Waals surface area contributed by atoms with Crippen molar-refractivity contribution < 1.29 is 14.3 Å². The van der Waals surface area contributed by atoms with E-state index in [1.165, 1.54) is 0 Å². The Hall–Kier alpha value is -2.70. The van der Waals surface area contributed by atoms with Crippen LogP contribution in [-0.2, 0) is 6.54 Å². The number of hydrogen-bond donors (Lipinski definition) is 2. The van der Waals surface area contributed by atoms with E-state index in [0.29, 0.717) is 19.8 Å². The minimum atomic E-state index is -0.202. The highest BCUT2D eigenvalue weighted by Gasteiger charge is 2.16. The fourth-order valence-corrected chi connectivity index (χ4v) is 2.75. The van der Waals surface area contributed by atoms with Crippen LogP contribution in [0.5, 0.6) is 11.5 Å². The van der Waals surface area contributed by atoms with Crippen LogP contribution in [0, 0.1) is 0 Å². The van der Waals surface area contributed by atoms with Gasteiger partial charge in [0, 0.05) is 31.4 Å². The molecule has 0 radical (unpaired) electrons. The summed E-state index contributed by atoms with van der Waals surface area (Å²) in [5.74, 6) is 1.49. The molecule has 2 amide bonds. The lowest BCUT2D eigenvalue weighted by Crippen LogP contribution is -2.43. The van der Waals surface area contributed by atoms with Gasteiger partial charge in [0.1, 0.15) is 0 Å². The summed E-state index contributed by atoms with van der Waals surface area (Å²) in [7, 11) is 0. The summed E-state index contributed by atoms with van der Waals surface area (Å²) >= 11 is 0. The number of hydrogen-bond acceptors (Lipinski definition) is 4. The van der Waals surface area contributed by atoms with Crippen LogP contribution in [0.4, 0.5) is 4.79 Å². The number of nitrogens with zero attached hydrogens (tertiary/aromatic N) is 2. The average Bonchev–Trinajstić information content (AvgIpc) is 2.96. The van der Waals surface area contributed by atoms with Crippen molar-refractivity contribution in [3.63, 3.8) is 0 Å². The van der Waals surface area contributed by atoms with E-state index in [2.05, 4.69) is 15.6 Å². The first-order valence-corrected chi connectivity index (χ1v) is 8.54. The number of amides is 2. The molecule has 1 aromatic heterocycles. The lowest BCUT2D eigenvalue weighted by atomic mass is 10.1. The molecule has 0 fully saturated rings. The molecule has 7 nitrogen and oxygen atoms in total. The Labute approximate surface area is 147 Å². The molecule has 25 heavy (non-hydrogen) atoms. The van der Waals surface area contributed by atoms with E-state index in [1.54, 1.807) is 12.5 Å². The van der Waals surface area contributed by atoms with Crippen molar-refractivity contribution in [2.45, 2.75) is 38.9 Å². The zero-order valence-corrected chi connectivity index (χ0v) is 14.6. The van der Waals surface area contributed by atoms with E-state index in [-0.39, 0.29) is 18.1 Å². The lowest BCUT2D eigenvalue weighted by Gasteiger charge is -2.19. The van der Waals surface area contributed by atoms with Crippen LogP contribution < -0.4 is 20.1 Å². The molecule has 0 bridgehead atoms. The fourth-order valence-electron chi connectivity index (χ4n) is 2.75. The molecule has 1 aliphatic heterocycles. The van der Waals surface area contributed by atoms with Gasteiger partial charge < -0.3 is 24.7 Å². The quantitative estimate of drug-likeness (QED) is 0.874. The van der Waals surface area contributed by atoms with E-state index >= 15 is 0 Å². The summed E-state index contributed by atoms with van der Waals surface area (Å²) in [6, 6.07) is 5.43. The Bertz CT molecular complexity index is 702. The molecule has 2 heterocycles. The molecule has 134 valence electrons. The van der Waals surface area contributed by atoms with Gasteiger partial charge in [-0.2, -0.15) is 0 Å². The van der Waals surface area contributed by atoms with Crippen LogP contribution >= 0.6 is 0 Å². The SMILES string of the molecule is C[C@H](Cn1ccnc1)NC(=O)N[C@H](C)c1ccc2c(c1)OCCCO2. The number of carbonyl (C=O) groups is 1. The van der Waals surface area contributed by atoms with Crippen LogP contribution in [0.3, 0.4) is 0 Å². The van der Waals surface area contributed by atoms with Crippen LogP contribution in [0.25, 0.3) is 0 Å². The molecular formula is C18H24N4O3. The molecule has 0 unspecified atom stereocenters. The van der Waals surface area contributed by atoms with Gasteiger partial charge in [-0.1, -0.05) is 6.07 Å². The van der Waals surface area contributed by atoms with Gasteiger partial charge >= 0.3 is 6.03 Å². The monoisotopic (exact) mass is 344 g/mol. The minimum absolute atomic E-state index is 0.00909. The number of ether oxygens (including phenoxy) is 2. The van der Waals surface area contributed by atoms with Crippen molar-refractivity contribution >= 4 is 6.03 Å². The van der Waals surface area contributed by atoms with Crippen LogP contribution in [0.15, 0.2) is 36.9 Å². The van der Waals surface area contributed by atoms with Gasteiger partial charge in [-0.25, -0.2) is 9.78 Å². The first-order chi connectivity index (χ1) is 12.1. The second-order valence-corrected chi connectivity index (χ2v) is 6.26. The third-order valence-electron chi connectivity index (χ3n) is 4.04. The maximum atomic E-state index is 12.2. The maximum absolute atomic E-state index is 12.2. The maximum Gasteiger partial charge on any atom is 0.315 e. The summed E-state index contributed by atoms with van der Waals surface area (Å²) in [5, 5.41) is 5.89. The van der Waals surface area contributed by atoms with Crippen molar-refractivity contribution in [1.29, 1.82) is 0 Å². The van der Waals surface area contributed by atoms with Crippen molar-refractivity contribution in [2.24, 2.45) is 0 Å². The Balaban J connectivity index is 1.55. The van der Waals surface area contributed by atoms with Gasteiger partial charge in [0.25, 0.3) is 0 Å². The van der Waals surface area contributed by atoms with Gasteiger partial charge in [-0.3, -0.25) is 0 Å². The topological polar surface area (TPSA) is 77.4 Å². The van der Waals surface area contributed by atoms with Crippen LogP contribution in [0.2, 0.25) is 0 Å². The molecule has 0 saturated carbocycles. The fraction of sp³-hybridized carbons (Fsp3) is 0.444. The first-order valence-electron chi connectivity index (χ1n) is 8.54. The zero-order valence-electron chi connectivity index (χ0n) is 14.6. The molecule has 2 atom stereocenters. The number of nitrogens with one attached hydrogen (secondary N) is 2. The summed E-state index contributed by atoms with van der Waals surface area (Å²) in [6.45, 7) is 5.88. The standard InChI is InChI=1S/C18H24N4O3/c1-13(11-22-7-6-19-12-22)20-18(23)21-14(2)15-4-5-16-17(10-15)25-9-3-8-24-16/h4-7,10,12-14H,3,8-9,11H2,1-2H3,(H2,20,21,23)/t13-,14-/m1/s1. The van der Waals surface area contributed by atoms with E-state index in [0.717, 1.165) is 23.5 Å². The van der Waals surface area contributed by atoms with E-state index in [4.69, 9.17) is 9.47 Å². The number of aromatic nitrogens is 2. The van der Waals surface area contributed by atoms with Gasteiger partial charge in [0.15, 0.2) is 11.5 Å². The first kappa shape index (κ1) is 17.1. The molecule has 0 aliphatic carbocycles. The van der Waals surface area contributed by atoms with Gasteiger partial charge in [0.05, 0.1) is 25.6 Å². The average molecular weight is 344 g/mol. The second kappa shape index (κ2) is 7.92. The molecule has 2 N–H and O–H groups in total. The number of urea groups is 1. The number of rotatable bonds is 5. The Morgan fingerprint density at radius 1 is 1.24 bits per heavy atom. The predicted octanol–water partition coefficient (Wildman–Crippen LogP) is 2.49. The highest BCUT2D eigenvalue weighted by molar-refractivity contribution is 5.74. The Kier molecular flexibility index (Phi) is 5.42. The summed E-state index contributed by atoms with van der Waals surface area (Å²) in [6.07, 6.45) is 6.20. The number of carbonyl (C=O) groups excluding carboxylic acids is 1.